The number of hydrogen-bond donors (Lipinski definition) is 1. The van der Waals surface area contributed by atoms with E-state index in [4.69, 9.17) is 0 Å². The van der Waals surface area contributed by atoms with Crippen LogP contribution in [0.5, 0.6) is 0 Å². The topological polar surface area (TPSA) is 32.3 Å². The first-order valence-corrected chi connectivity index (χ1v) is 10.3. The molecule has 1 aromatic heterocycles. The number of nitrogens with zero attached hydrogens (tertiary/aromatic N) is 1. The van der Waals surface area contributed by atoms with Gasteiger partial charge in [-0.1, -0.05) is 30.3 Å². The van der Waals surface area contributed by atoms with Crippen LogP contribution in [0.4, 0.5) is 0 Å². The molecule has 1 amide bonds. The number of likely N-dealkylation sites (tertiary alicyclic amines) is 1. The highest BCUT2D eigenvalue weighted by atomic mass is 32.1. The van der Waals surface area contributed by atoms with E-state index in [2.05, 4.69) is 45.9 Å². The molecule has 1 aliphatic carbocycles. The molecule has 0 unspecified atom stereocenters. The van der Waals surface area contributed by atoms with Crippen LogP contribution in [0.1, 0.15) is 52.0 Å². The molecular weight excluding hydrogens is 328 g/mol. The van der Waals surface area contributed by atoms with Crippen molar-refractivity contribution in [2.45, 2.75) is 51.1 Å². The normalized spacial score (nSPS) is 18.7. The average Bonchev–Trinajstić information content (AvgIpc) is 3.08. The molecule has 132 valence electrons. The minimum atomic E-state index is 0.154. The third kappa shape index (κ3) is 3.96. The molecule has 1 aliphatic heterocycles. The fourth-order valence-electron chi connectivity index (χ4n) is 4.02. The van der Waals surface area contributed by atoms with Gasteiger partial charge in [0.2, 0.25) is 0 Å². The molecule has 4 rings (SSSR count). The van der Waals surface area contributed by atoms with Gasteiger partial charge in [0.1, 0.15) is 0 Å². The molecule has 25 heavy (non-hydrogen) atoms. The van der Waals surface area contributed by atoms with E-state index in [0.717, 1.165) is 50.9 Å². The highest BCUT2D eigenvalue weighted by Crippen LogP contribution is 2.30. The van der Waals surface area contributed by atoms with Crippen LogP contribution in [0.2, 0.25) is 0 Å². The predicted octanol–water partition coefficient (Wildman–Crippen LogP) is 4.02. The maximum Gasteiger partial charge on any atom is 0.252 e. The second-order valence-corrected chi connectivity index (χ2v) is 8.23. The summed E-state index contributed by atoms with van der Waals surface area (Å²) in [5, 5.41) is 5.38. The number of thiophene rings is 1. The van der Waals surface area contributed by atoms with Gasteiger partial charge in [0.15, 0.2) is 0 Å². The van der Waals surface area contributed by atoms with E-state index >= 15 is 0 Å². The Balaban J connectivity index is 1.30. The number of rotatable bonds is 4. The highest BCUT2D eigenvalue weighted by Gasteiger charge is 2.24. The van der Waals surface area contributed by atoms with Crippen LogP contribution < -0.4 is 5.32 Å². The lowest BCUT2D eigenvalue weighted by Crippen LogP contribution is -2.44. The van der Waals surface area contributed by atoms with E-state index in [1.807, 2.05) is 0 Å². The van der Waals surface area contributed by atoms with Crippen LogP contribution in [-0.2, 0) is 19.4 Å². The number of hydrogen-bond acceptors (Lipinski definition) is 3. The van der Waals surface area contributed by atoms with Crippen LogP contribution in [0, 0.1) is 0 Å². The van der Waals surface area contributed by atoms with E-state index in [9.17, 15) is 4.79 Å². The molecule has 0 bridgehead atoms. The number of carbonyl (C=O) groups is 1. The van der Waals surface area contributed by atoms with Crippen LogP contribution >= 0.6 is 11.3 Å². The van der Waals surface area contributed by atoms with Gasteiger partial charge in [-0.05, 0) is 49.7 Å². The summed E-state index contributed by atoms with van der Waals surface area (Å²) in [6.45, 7) is 3.13. The van der Waals surface area contributed by atoms with Crippen LogP contribution in [0.3, 0.4) is 0 Å². The first-order valence-electron chi connectivity index (χ1n) is 9.46. The van der Waals surface area contributed by atoms with Gasteiger partial charge in [0.25, 0.3) is 5.91 Å². The van der Waals surface area contributed by atoms with E-state index in [-0.39, 0.29) is 5.91 Å². The second-order valence-electron chi connectivity index (χ2n) is 7.27. The molecule has 0 radical (unpaired) electrons. The van der Waals surface area contributed by atoms with Gasteiger partial charge >= 0.3 is 0 Å². The van der Waals surface area contributed by atoms with E-state index in [1.54, 1.807) is 11.3 Å². The van der Waals surface area contributed by atoms with Crippen molar-refractivity contribution in [3.05, 3.63) is 57.3 Å². The summed E-state index contributed by atoms with van der Waals surface area (Å²) in [6, 6.07) is 11.0. The molecule has 3 nitrogen and oxygen atoms in total. The van der Waals surface area contributed by atoms with Crippen molar-refractivity contribution in [3.8, 4) is 0 Å². The van der Waals surface area contributed by atoms with E-state index in [1.165, 1.54) is 28.8 Å². The first-order chi connectivity index (χ1) is 12.3. The van der Waals surface area contributed by atoms with Gasteiger partial charge in [0.05, 0.1) is 5.56 Å². The summed E-state index contributed by atoms with van der Waals surface area (Å²) in [5.41, 5.74) is 3.65. The smallest absolute Gasteiger partial charge is 0.252 e. The third-order valence-electron chi connectivity index (χ3n) is 5.48. The number of carbonyl (C=O) groups excluding carboxylic acids is 1. The summed E-state index contributed by atoms with van der Waals surface area (Å²) < 4.78 is 0. The van der Waals surface area contributed by atoms with Crippen molar-refractivity contribution in [2.75, 3.05) is 13.1 Å². The average molecular weight is 355 g/mol. The number of aryl methyl sites for hydroxylation is 1. The molecule has 0 atom stereocenters. The first kappa shape index (κ1) is 16.8. The van der Waals surface area contributed by atoms with Crippen molar-refractivity contribution < 1.29 is 4.79 Å². The van der Waals surface area contributed by atoms with Crippen molar-refractivity contribution >= 4 is 17.2 Å². The van der Waals surface area contributed by atoms with Crippen molar-refractivity contribution in [1.82, 2.24) is 10.2 Å². The molecule has 1 N–H and O–H groups in total. The number of amides is 1. The fraction of sp³-hybridized carbons (Fsp3) is 0.476. The maximum atomic E-state index is 12.7. The lowest BCUT2D eigenvalue weighted by Gasteiger charge is -2.32. The molecule has 1 saturated heterocycles. The van der Waals surface area contributed by atoms with Crippen LogP contribution in [0.25, 0.3) is 0 Å². The van der Waals surface area contributed by atoms with Gasteiger partial charge in [-0.25, -0.2) is 0 Å². The zero-order valence-corrected chi connectivity index (χ0v) is 15.5. The molecule has 1 fully saturated rings. The minimum absolute atomic E-state index is 0.154. The summed E-state index contributed by atoms with van der Waals surface area (Å²) in [7, 11) is 0. The Labute approximate surface area is 154 Å². The Morgan fingerprint density at radius 1 is 1.12 bits per heavy atom. The van der Waals surface area contributed by atoms with Gasteiger partial charge in [0, 0.05) is 35.9 Å². The SMILES string of the molecule is O=C(NC1CCN(Cc2ccccc2)CC1)c1csc2c1CCCC2. The van der Waals surface area contributed by atoms with Crippen LogP contribution in [-0.4, -0.2) is 29.9 Å². The van der Waals surface area contributed by atoms with Gasteiger partial charge in [-0.3, -0.25) is 9.69 Å². The Morgan fingerprint density at radius 2 is 1.88 bits per heavy atom. The number of nitrogens with one attached hydrogen (secondary N) is 1. The lowest BCUT2D eigenvalue weighted by molar-refractivity contribution is 0.0908. The van der Waals surface area contributed by atoms with Gasteiger partial charge < -0.3 is 5.32 Å². The molecule has 4 heteroatoms. The fourth-order valence-corrected chi connectivity index (χ4v) is 5.15. The number of benzene rings is 1. The molecular formula is C21H26N2OS. The quantitative estimate of drug-likeness (QED) is 0.899. The molecule has 2 aliphatic rings. The van der Waals surface area contributed by atoms with Crippen molar-refractivity contribution in [3.63, 3.8) is 0 Å². The summed E-state index contributed by atoms with van der Waals surface area (Å²) in [5.74, 6) is 0.154. The zero-order chi connectivity index (χ0) is 17.1. The molecule has 2 aromatic rings. The van der Waals surface area contributed by atoms with E-state index in [0.29, 0.717) is 6.04 Å². The lowest BCUT2D eigenvalue weighted by atomic mass is 9.95. The molecule has 1 aromatic carbocycles. The summed E-state index contributed by atoms with van der Waals surface area (Å²) >= 11 is 1.77. The second kappa shape index (κ2) is 7.71. The Morgan fingerprint density at radius 3 is 2.68 bits per heavy atom. The largest absolute Gasteiger partial charge is 0.349 e. The minimum Gasteiger partial charge on any atom is -0.349 e. The standard InChI is InChI=1S/C21H26N2OS/c24-21(19-15-25-20-9-5-4-8-18(19)20)22-17-10-12-23(13-11-17)14-16-6-2-1-3-7-16/h1-3,6-7,15,17H,4-5,8-14H2,(H,22,24). The maximum absolute atomic E-state index is 12.7. The van der Waals surface area contributed by atoms with Crippen LogP contribution in [0.15, 0.2) is 35.7 Å². The molecule has 2 heterocycles. The van der Waals surface area contributed by atoms with Gasteiger partial charge in [-0.15, -0.1) is 11.3 Å². The molecule has 0 saturated carbocycles. The van der Waals surface area contributed by atoms with Gasteiger partial charge in [-0.2, -0.15) is 0 Å². The number of piperidine rings is 1. The Kier molecular flexibility index (Phi) is 5.18. The van der Waals surface area contributed by atoms with Crippen molar-refractivity contribution in [2.24, 2.45) is 0 Å². The molecule has 0 spiro atoms. The summed E-state index contributed by atoms with van der Waals surface area (Å²) in [4.78, 5) is 16.6. The zero-order valence-electron chi connectivity index (χ0n) is 14.7. The summed E-state index contributed by atoms with van der Waals surface area (Å²) in [6.07, 6.45) is 6.83. The van der Waals surface area contributed by atoms with Crippen molar-refractivity contribution in [1.29, 1.82) is 0 Å². The highest BCUT2D eigenvalue weighted by molar-refractivity contribution is 7.10. The Hall–Kier alpha value is -1.65. The van der Waals surface area contributed by atoms with E-state index < -0.39 is 0 Å². The number of fused-ring (bicyclic) bond motifs is 1. The Bertz CT molecular complexity index is 717. The monoisotopic (exact) mass is 354 g/mol. The third-order valence-corrected chi connectivity index (χ3v) is 6.57. The predicted molar refractivity (Wildman–Crippen MR) is 103 cm³/mol.